The third-order valence-electron chi connectivity index (χ3n) is 3.13. The Morgan fingerprint density at radius 3 is 2.00 bits per heavy atom. The first-order valence-corrected chi connectivity index (χ1v) is 5.93. The predicted octanol–water partition coefficient (Wildman–Crippen LogP) is 4.04. The molecule has 2 aromatic rings. The van der Waals surface area contributed by atoms with E-state index in [9.17, 15) is 0 Å². The maximum Gasteiger partial charge on any atom is 0.0367 e. The van der Waals surface area contributed by atoms with Gasteiger partial charge in [-0.05, 0) is 48.2 Å². The highest BCUT2D eigenvalue weighted by molar-refractivity contribution is 5.73. The van der Waals surface area contributed by atoms with Crippen molar-refractivity contribution in [1.29, 1.82) is 0 Å². The molecular weight excluding hydrogens is 206 g/mol. The van der Waals surface area contributed by atoms with Crippen molar-refractivity contribution in [2.24, 2.45) is 0 Å². The summed E-state index contributed by atoms with van der Waals surface area (Å²) in [5.74, 6) is 0. The molecule has 88 valence electrons. The zero-order valence-electron chi connectivity index (χ0n) is 11.0. The van der Waals surface area contributed by atoms with Gasteiger partial charge < -0.3 is 4.90 Å². The third kappa shape index (κ3) is 2.33. The van der Waals surface area contributed by atoms with E-state index in [0.29, 0.717) is 0 Å². The Hall–Kier alpha value is -1.76. The topological polar surface area (TPSA) is 3.24 Å². The highest BCUT2D eigenvalue weighted by Crippen LogP contribution is 2.29. The Kier molecular flexibility index (Phi) is 3.19. The second-order valence-corrected chi connectivity index (χ2v) is 4.71. The molecular formula is C16H19N. The average Bonchev–Trinajstić information content (AvgIpc) is 2.29. The van der Waals surface area contributed by atoms with Crippen LogP contribution in [0.3, 0.4) is 0 Å². The monoisotopic (exact) mass is 225 g/mol. The summed E-state index contributed by atoms with van der Waals surface area (Å²) >= 11 is 0. The van der Waals surface area contributed by atoms with Gasteiger partial charge >= 0.3 is 0 Å². The van der Waals surface area contributed by atoms with Gasteiger partial charge in [0, 0.05) is 19.8 Å². The predicted molar refractivity (Wildman–Crippen MR) is 75.7 cm³/mol. The SMILES string of the molecule is Cc1cccc(C)c1-c1cccc(N(C)C)c1. The molecule has 0 unspecified atom stereocenters. The lowest BCUT2D eigenvalue weighted by atomic mass is 9.95. The summed E-state index contributed by atoms with van der Waals surface area (Å²) in [4.78, 5) is 2.14. The van der Waals surface area contributed by atoms with E-state index in [1.54, 1.807) is 0 Å². The van der Waals surface area contributed by atoms with Crippen LogP contribution in [0.15, 0.2) is 42.5 Å². The van der Waals surface area contributed by atoms with Gasteiger partial charge in [0.1, 0.15) is 0 Å². The van der Waals surface area contributed by atoms with Gasteiger partial charge in [0.2, 0.25) is 0 Å². The Morgan fingerprint density at radius 2 is 1.41 bits per heavy atom. The Labute approximate surface area is 104 Å². The fraction of sp³-hybridized carbons (Fsp3) is 0.250. The fourth-order valence-corrected chi connectivity index (χ4v) is 2.21. The summed E-state index contributed by atoms with van der Waals surface area (Å²) in [6.07, 6.45) is 0. The summed E-state index contributed by atoms with van der Waals surface area (Å²) < 4.78 is 0. The standard InChI is InChI=1S/C16H19N/c1-12-7-5-8-13(2)16(12)14-9-6-10-15(11-14)17(3)4/h5-11H,1-4H3. The van der Waals surface area contributed by atoms with E-state index in [0.717, 1.165) is 0 Å². The number of hydrogen-bond donors (Lipinski definition) is 0. The molecule has 0 aliphatic heterocycles. The quantitative estimate of drug-likeness (QED) is 0.745. The molecule has 0 saturated heterocycles. The van der Waals surface area contributed by atoms with Crippen molar-refractivity contribution in [3.05, 3.63) is 53.6 Å². The first-order valence-electron chi connectivity index (χ1n) is 5.93. The third-order valence-corrected chi connectivity index (χ3v) is 3.13. The molecule has 0 aromatic heterocycles. The number of hydrogen-bond acceptors (Lipinski definition) is 1. The number of nitrogens with zero attached hydrogens (tertiary/aromatic N) is 1. The van der Waals surface area contributed by atoms with Gasteiger partial charge in [-0.15, -0.1) is 0 Å². The minimum atomic E-state index is 1.24. The zero-order valence-corrected chi connectivity index (χ0v) is 11.0. The molecule has 17 heavy (non-hydrogen) atoms. The number of anilines is 1. The van der Waals surface area contributed by atoms with Crippen LogP contribution in [0, 0.1) is 13.8 Å². The highest BCUT2D eigenvalue weighted by atomic mass is 15.1. The lowest BCUT2D eigenvalue weighted by Gasteiger charge is -2.15. The minimum absolute atomic E-state index is 1.24. The van der Waals surface area contributed by atoms with Crippen LogP contribution in [0.1, 0.15) is 11.1 Å². The molecule has 0 amide bonds. The summed E-state index contributed by atoms with van der Waals surface area (Å²) in [7, 11) is 4.15. The molecule has 0 spiro atoms. The maximum absolute atomic E-state index is 2.25. The van der Waals surface area contributed by atoms with Crippen LogP contribution in [-0.4, -0.2) is 14.1 Å². The zero-order chi connectivity index (χ0) is 12.4. The van der Waals surface area contributed by atoms with Crippen molar-refractivity contribution in [3.63, 3.8) is 0 Å². The van der Waals surface area contributed by atoms with Crippen LogP contribution >= 0.6 is 0 Å². The fourth-order valence-electron chi connectivity index (χ4n) is 2.21. The van der Waals surface area contributed by atoms with Crippen molar-refractivity contribution in [2.75, 3.05) is 19.0 Å². The van der Waals surface area contributed by atoms with E-state index < -0.39 is 0 Å². The smallest absolute Gasteiger partial charge is 0.0367 e. The largest absolute Gasteiger partial charge is 0.378 e. The molecule has 0 saturated carbocycles. The van der Waals surface area contributed by atoms with Crippen molar-refractivity contribution in [1.82, 2.24) is 0 Å². The normalized spacial score (nSPS) is 10.4. The molecule has 0 aliphatic carbocycles. The van der Waals surface area contributed by atoms with E-state index in [1.807, 2.05) is 0 Å². The second-order valence-electron chi connectivity index (χ2n) is 4.71. The van der Waals surface area contributed by atoms with Crippen molar-refractivity contribution in [2.45, 2.75) is 13.8 Å². The molecule has 0 aliphatic rings. The van der Waals surface area contributed by atoms with Crippen LogP contribution in [0.25, 0.3) is 11.1 Å². The highest BCUT2D eigenvalue weighted by Gasteiger charge is 2.06. The first-order chi connectivity index (χ1) is 8.09. The summed E-state index contributed by atoms with van der Waals surface area (Å²) in [6, 6.07) is 15.1. The van der Waals surface area contributed by atoms with Crippen LogP contribution in [0.5, 0.6) is 0 Å². The molecule has 2 rings (SSSR count). The average molecular weight is 225 g/mol. The summed E-state index contributed by atoms with van der Waals surface area (Å²) in [6.45, 7) is 4.34. The lowest BCUT2D eigenvalue weighted by Crippen LogP contribution is -2.08. The molecule has 0 fully saturated rings. The second kappa shape index (κ2) is 4.62. The Bertz CT molecular complexity index is 507. The van der Waals surface area contributed by atoms with E-state index in [2.05, 4.69) is 75.3 Å². The number of benzene rings is 2. The van der Waals surface area contributed by atoms with Gasteiger partial charge in [-0.2, -0.15) is 0 Å². The molecule has 0 N–H and O–H groups in total. The minimum Gasteiger partial charge on any atom is -0.378 e. The van der Waals surface area contributed by atoms with E-state index >= 15 is 0 Å². The Balaban J connectivity index is 2.57. The van der Waals surface area contributed by atoms with Gasteiger partial charge in [-0.1, -0.05) is 30.3 Å². The van der Waals surface area contributed by atoms with Crippen LogP contribution in [0.2, 0.25) is 0 Å². The van der Waals surface area contributed by atoms with Crippen molar-refractivity contribution < 1.29 is 0 Å². The van der Waals surface area contributed by atoms with Crippen molar-refractivity contribution in [3.8, 4) is 11.1 Å². The Morgan fingerprint density at radius 1 is 0.824 bits per heavy atom. The van der Waals surface area contributed by atoms with Crippen molar-refractivity contribution >= 4 is 5.69 Å². The van der Waals surface area contributed by atoms with Gasteiger partial charge in [-0.3, -0.25) is 0 Å². The van der Waals surface area contributed by atoms with E-state index in [-0.39, 0.29) is 0 Å². The van der Waals surface area contributed by atoms with Gasteiger partial charge in [0.25, 0.3) is 0 Å². The number of aryl methyl sites for hydroxylation is 2. The summed E-state index contributed by atoms with van der Waals surface area (Å²) in [5.41, 5.74) is 6.56. The molecule has 1 heteroatoms. The molecule has 2 aromatic carbocycles. The van der Waals surface area contributed by atoms with Crippen LogP contribution in [-0.2, 0) is 0 Å². The number of rotatable bonds is 2. The van der Waals surface area contributed by atoms with Gasteiger partial charge in [-0.25, -0.2) is 0 Å². The maximum atomic E-state index is 2.25. The molecule has 0 heterocycles. The molecule has 1 nitrogen and oxygen atoms in total. The van der Waals surface area contributed by atoms with E-state index in [1.165, 1.54) is 27.9 Å². The van der Waals surface area contributed by atoms with Gasteiger partial charge in [0.15, 0.2) is 0 Å². The van der Waals surface area contributed by atoms with Gasteiger partial charge in [0.05, 0.1) is 0 Å². The molecule has 0 radical (unpaired) electrons. The van der Waals surface area contributed by atoms with Crippen LogP contribution in [0.4, 0.5) is 5.69 Å². The lowest BCUT2D eigenvalue weighted by molar-refractivity contribution is 1.13. The van der Waals surface area contributed by atoms with Crippen LogP contribution < -0.4 is 4.90 Å². The molecule has 0 bridgehead atoms. The summed E-state index contributed by atoms with van der Waals surface area (Å²) in [5, 5.41) is 0. The first kappa shape index (κ1) is 11.7. The molecule has 0 atom stereocenters. The van der Waals surface area contributed by atoms with E-state index in [4.69, 9.17) is 0 Å².